The molecule has 0 aromatic carbocycles. The van der Waals surface area contributed by atoms with Crippen molar-refractivity contribution in [1.29, 1.82) is 0 Å². The Hall–Kier alpha value is -0.760. The largest absolute Gasteiger partial charge is 0.469 e. The number of guanidine groups is 1. The highest BCUT2D eigenvalue weighted by Gasteiger charge is 1.99. The van der Waals surface area contributed by atoms with Crippen LogP contribution >= 0.6 is 24.0 Å². The first-order chi connectivity index (χ1) is 10.4. The van der Waals surface area contributed by atoms with E-state index in [1.54, 1.807) is 6.26 Å². The number of aliphatic imine (C=N–C) groups is 1. The zero-order valence-electron chi connectivity index (χ0n) is 13.8. The van der Waals surface area contributed by atoms with Gasteiger partial charge in [0.15, 0.2) is 5.96 Å². The SMILES string of the molecule is CCCCNC(=NCCCOCC)NCCc1ccco1.I. The Labute approximate surface area is 151 Å². The van der Waals surface area contributed by atoms with Gasteiger partial charge in [-0.25, -0.2) is 0 Å². The minimum atomic E-state index is 0. The number of halogens is 1. The number of hydrogen-bond acceptors (Lipinski definition) is 3. The highest BCUT2D eigenvalue weighted by atomic mass is 127. The van der Waals surface area contributed by atoms with Crippen LogP contribution in [0.15, 0.2) is 27.8 Å². The molecule has 128 valence electrons. The fourth-order valence-electron chi connectivity index (χ4n) is 1.82. The maximum absolute atomic E-state index is 5.32. The van der Waals surface area contributed by atoms with E-state index >= 15 is 0 Å². The van der Waals surface area contributed by atoms with Gasteiger partial charge in [0.2, 0.25) is 0 Å². The van der Waals surface area contributed by atoms with E-state index < -0.39 is 0 Å². The van der Waals surface area contributed by atoms with Crippen LogP contribution < -0.4 is 10.6 Å². The monoisotopic (exact) mass is 423 g/mol. The topological polar surface area (TPSA) is 58.8 Å². The van der Waals surface area contributed by atoms with E-state index in [2.05, 4.69) is 22.5 Å². The Balaban J connectivity index is 0.00000441. The van der Waals surface area contributed by atoms with Crippen molar-refractivity contribution < 1.29 is 9.15 Å². The van der Waals surface area contributed by atoms with Crippen LogP contribution in [-0.2, 0) is 11.2 Å². The third kappa shape index (κ3) is 10.9. The van der Waals surface area contributed by atoms with Crippen LogP contribution in [0.2, 0.25) is 0 Å². The summed E-state index contributed by atoms with van der Waals surface area (Å²) in [6.45, 7) is 8.29. The van der Waals surface area contributed by atoms with Crippen LogP contribution in [0.25, 0.3) is 0 Å². The van der Waals surface area contributed by atoms with Crippen molar-refractivity contribution in [3.05, 3.63) is 24.2 Å². The number of ether oxygens (including phenoxy) is 1. The highest BCUT2D eigenvalue weighted by molar-refractivity contribution is 14.0. The summed E-state index contributed by atoms with van der Waals surface area (Å²) in [5.41, 5.74) is 0. The second kappa shape index (κ2) is 15.1. The summed E-state index contributed by atoms with van der Waals surface area (Å²) in [4.78, 5) is 4.57. The molecule has 0 fully saturated rings. The van der Waals surface area contributed by atoms with E-state index in [0.29, 0.717) is 0 Å². The lowest BCUT2D eigenvalue weighted by Crippen LogP contribution is -2.39. The molecule has 1 heterocycles. The van der Waals surface area contributed by atoms with Crippen molar-refractivity contribution in [1.82, 2.24) is 10.6 Å². The van der Waals surface area contributed by atoms with E-state index in [9.17, 15) is 0 Å². The molecule has 0 atom stereocenters. The summed E-state index contributed by atoms with van der Waals surface area (Å²) in [6, 6.07) is 3.91. The first kappa shape index (κ1) is 21.2. The van der Waals surface area contributed by atoms with E-state index in [0.717, 1.165) is 63.8 Å². The fraction of sp³-hybridized carbons (Fsp3) is 0.688. The molecule has 0 radical (unpaired) electrons. The van der Waals surface area contributed by atoms with Crippen LogP contribution in [0, 0.1) is 0 Å². The van der Waals surface area contributed by atoms with Gasteiger partial charge in [-0.05, 0) is 31.9 Å². The third-order valence-corrected chi connectivity index (χ3v) is 2.99. The normalized spacial score (nSPS) is 11.1. The summed E-state index contributed by atoms with van der Waals surface area (Å²) < 4.78 is 10.6. The van der Waals surface area contributed by atoms with Crippen molar-refractivity contribution in [3.63, 3.8) is 0 Å². The van der Waals surface area contributed by atoms with Gasteiger partial charge in [0.25, 0.3) is 0 Å². The minimum Gasteiger partial charge on any atom is -0.469 e. The average Bonchev–Trinajstić information content (AvgIpc) is 3.00. The maximum Gasteiger partial charge on any atom is 0.191 e. The molecule has 0 aliphatic rings. The molecule has 0 aliphatic heterocycles. The molecule has 0 spiro atoms. The molecule has 1 aromatic heterocycles. The van der Waals surface area contributed by atoms with Crippen molar-refractivity contribution in [3.8, 4) is 0 Å². The van der Waals surface area contributed by atoms with Gasteiger partial charge in [0.1, 0.15) is 5.76 Å². The zero-order chi connectivity index (χ0) is 15.2. The van der Waals surface area contributed by atoms with Gasteiger partial charge in [-0.15, -0.1) is 24.0 Å². The second-order valence-electron chi connectivity index (χ2n) is 4.82. The van der Waals surface area contributed by atoms with Crippen LogP contribution in [-0.4, -0.2) is 38.8 Å². The number of nitrogens with zero attached hydrogens (tertiary/aromatic N) is 1. The van der Waals surface area contributed by atoms with Gasteiger partial charge >= 0.3 is 0 Å². The van der Waals surface area contributed by atoms with E-state index in [4.69, 9.17) is 9.15 Å². The molecule has 2 N–H and O–H groups in total. The van der Waals surface area contributed by atoms with E-state index in [1.807, 2.05) is 19.1 Å². The molecule has 0 saturated carbocycles. The molecule has 22 heavy (non-hydrogen) atoms. The van der Waals surface area contributed by atoms with Gasteiger partial charge in [0.05, 0.1) is 6.26 Å². The van der Waals surface area contributed by atoms with E-state index in [1.165, 1.54) is 6.42 Å². The lowest BCUT2D eigenvalue weighted by molar-refractivity contribution is 0.146. The number of furan rings is 1. The number of nitrogens with one attached hydrogen (secondary N) is 2. The Morgan fingerprint density at radius 3 is 2.73 bits per heavy atom. The van der Waals surface area contributed by atoms with Gasteiger partial charge < -0.3 is 19.8 Å². The predicted octanol–water partition coefficient (Wildman–Crippen LogP) is 3.20. The molecular weight excluding hydrogens is 393 g/mol. The van der Waals surface area contributed by atoms with Crippen molar-refractivity contribution in [2.24, 2.45) is 4.99 Å². The molecule has 0 amide bonds. The molecule has 0 aliphatic carbocycles. The number of hydrogen-bond donors (Lipinski definition) is 2. The van der Waals surface area contributed by atoms with Crippen molar-refractivity contribution >= 4 is 29.9 Å². The van der Waals surface area contributed by atoms with Gasteiger partial charge in [-0.1, -0.05) is 13.3 Å². The lowest BCUT2D eigenvalue weighted by Gasteiger charge is -2.12. The van der Waals surface area contributed by atoms with Crippen molar-refractivity contribution in [2.45, 2.75) is 39.5 Å². The van der Waals surface area contributed by atoms with Crippen LogP contribution in [0.3, 0.4) is 0 Å². The zero-order valence-corrected chi connectivity index (χ0v) is 16.1. The Morgan fingerprint density at radius 1 is 1.23 bits per heavy atom. The highest BCUT2D eigenvalue weighted by Crippen LogP contribution is 1.99. The fourth-order valence-corrected chi connectivity index (χ4v) is 1.82. The van der Waals surface area contributed by atoms with Crippen LogP contribution in [0.4, 0.5) is 0 Å². The first-order valence-corrected chi connectivity index (χ1v) is 7.99. The Kier molecular flexibility index (Phi) is 14.6. The Bertz CT molecular complexity index is 369. The van der Waals surface area contributed by atoms with Gasteiger partial charge in [0, 0.05) is 39.3 Å². The summed E-state index contributed by atoms with van der Waals surface area (Å²) >= 11 is 0. The molecule has 1 aromatic rings. The van der Waals surface area contributed by atoms with Crippen molar-refractivity contribution in [2.75, 3.05) is 32.8 Å². The molecule has 6 heteroatoms. The van der Waals surface area contributed by atoms with Gasteiger partial charge in [-0.3, -0.25) is 4.99 Å². The second-order valence-corrected chi connectivity index (χ2v) is 4.82. The van der Waals surface area contributed by atoms with Crippen LogP contribution in [0.1, 0.15) is 38.9 Å². The number of unbranched alkanes of at least 4 members (excludes halogenated alkanes) is 1. The first-order valence-electron chi connectivity index (χ1n) is 7.99. The van der Waals surface area contributed by atoms with Gasteiger partial charge in [-0.2, -0.15) is 0 Å². The molecule has 0 saturated heterocycles. The smallest absolute Gasteiger partial charge is 0.191 e. The standard InChI is InChI=1S/C16H29N3O2.HI/c1-3-5-10-17-16(18-11-7-13-20-4-2)19-12-9-15-8-6-14-21-15;/h6,8,14H,3-5,7,9-13H2,1-2H3,(H2,17,18,19);1H. The summed E-state index contributed by atoms with van der Waals surface area (Å²) in [5, 5.41) is 6.71. The number of rotatable bonds is 11. The quantitative estimate of drug-likeness (QED) is 0.249. The molecule has 1 rings (SSSR count). The maximum atomic E-state index is 5.32. The lowest BCUT2D eigenvalue weighted by atomic mass is 10.3. The predicted molar refractivity (Wildman–Crippen MR) is 102 cm³/mol. The summed E-state index contributed by atoms with van der Waals surface area (Å²) in [6.07, 6.45) is 5.85. The third-order valence-electron chi connectivity index (χ3n) is 2.99. The Morgan fingerprint density at radius 2 is 2.05 bits per heavy atom. The van der Waals surface area contributed by atoms with E-state index in [-0.39, 0.29) is 24.0 Å². The van der Waals surface area contributed by atoms with Crippen LogP contribution in [0.5, 0.6) is 0 Å². The molecular formula is C16H30IN3O2. The average molecular weight is 423 g/mol. The molecule has 0 bridgehead atoms. The summed E-state index contributed by atoms with van der Waals surface area (Å²) in [7, 11) is 0. The minimum absolute atomic E-state index is 0. The molecule has 0 unspecified atom stereocenters. The molecule has 5 nitrogen and oxygen atoms in total. The summed E-state index contributed by atoms with van der Waals surface area (Å²) in [5.74, 6) is 1.87.